The van der Waals surface area contributed by atoms with E-state index in [4.69, 9.17) is 14.2 Å². The lowest BCUT2D eigenvalue weighted by atomic mass is 9.85. The first-order valence-electron chi connectivity index (χ1n) is 5.98. The number of hydrogen-bond donors (Lipinski definition) is 0. The highest BCUT2D eigenvalue weighted by molar-refractivity contribution is 4.97. The van der Waals surface area contributed by atoms with Crippen LogP contribution in [0.15, 0.2) is 23.9 Å². The van der Waals surface area contributed by atoms with Crippen LogP contribution in [0.2, 0.25) is 0 Å². The van der Waals surface area contributed by atoms with Gasteiger partial charge < -0.3 is 14.2 Å². The zero-order valence-corrected chi connectivity index (χ0v) is 10.1. The van der Waals surface area contributed by atoms with Crippen LogP contribution in [0, 0.1) is 5.41 Å². The van der Waals surface area contributed by atoms with E-state index in [2.05, 4.69) is 6.08 Å². The molecule has 0 radical (unpaired) electrons. The first-order chi connectivity index (χ1) is 7.78. The normalized spacial score (nSPS) is 32.6. The Balaban J connectivity index is 1.99. The minimum absolute atomic E-state index is 0.0528. The molecule has 0 unspecified atom stereocenters. The second kappa shape index (κ2) is 4.81. The SMILES string of the molecule is CC=C1OCC2(CCC/C(=C/C)OC2)CO1. The first-order valence-corrected chi connectivity index (χ1v) is 5.98. The van der Waals surface area contributed by atoms with Gasteiger partial charge in [-0.15, -0.1) is 0 Å². The zero-order valence-electron chi connectivity index (χ0n) is 10.1. The molecule has 1 spiro atoms. The number of hydrogen-bond acceptors (Lipinski definition) is 3. The van der Waals surface area contributed by atoms with E-state index in [1.807, 2.05) is 19.9 Å². The van der Waals surface area contributed by atoms with E-state index in [0.29, 0.717) is 25.8 Å². The van der Waals surface area contributed by atoms with Crippen LogP contribution in [0.5, 0.6) is 0 Å². The lowest BCUT2D eigenvalue weighted by Gasteiger charge is -2.36. The van der Waals surface area contributed by atoms with Gasteiger partial charge in [0, 0.05) is 6.42 Å². The molecule has 3 heteroatoms. The fraction of sp³-hybridized carbons (Fsp3) is 0.692. The third kappa shape index (κ3) is 2.34. The molecule has 2 aliphatic rings. The predicted octanol–water partition coefficient (Wildman–Crippen LogP) is 2.99. The van der Waals surface area contributed by atoms with Crippen molar-refractivity contribution in [1.29, 1.82) is 0 Å². The molecule has 2 fully saturated rings. The van der Waals surface area contributed by atoms with Crippen LogP contribution < -0.4 is 0 Å². The van der Waals surface area contributed by atoms with Crippen molar-refractivity contribution in [2.24, 2.45) is 5.41 Å². The third-order valence-corrected chi connectivity index (χ3v) is 3.29. The van der Waals surface area contributed by atoms with Crippen molar-refractivity contribution < 1.29 is 14.2 Å². The second-order valence-electron chi connectivity index (χ2n) is 4.58. The molecule has 0 saturated carbocycles. The molecule has 0 aromatic heterocycles. The lowest BCUT2D eigenvalue weighted by Crippen LogP contribution is -2.39. The fourth-order valence-electron chi connectivity index (χ4n) is 2.18. The summed E-state index contributed by atoms with van der Waals surface area (Å²) in [4.78, 5) is 0. The van der Waals surface area contributed by atoms with E-state index >= 15 is 0 Å². The van der Waals surface area contributed by atoms with Gasteiger partial charge in [-0.2, -0.15) is 0 Å². The molecule has 2 heterocycles. The van der Waals surface area contributed by atoms with Crippen molar-refractivity contribution in [3.63, 3.8) is 0 Å². The van der Waals surface area contributed by atoms with Crippen molar-refractivity contribution in [3.05, 3.63) is 23.9 Å². The third-order valence-electron chi connectivity index (χ3n) is 3.29. The van der Waals surface area contributed by atoms with Crippen molar-refractivity contribution in [3.8, 4) is 0 Å². The summed E-state index contributed by atoms with van der Waals surface area (Å²) in [6.45, 7) is 6.09. The molecule has 0 bridgehead atoms. The van der Waals surface area contributed by atoms with Gasteiger partial charge in [0.1, 0.15) is 13.2 Å². The van der Waals surface area contributed by atoms with Gasteiger partial charge in [-0.3, -0.25) is 0 Å². The van der Waals surface area contributed by atoms with Crippen LogP contribution in [0.1, 0.15) is 33.1 Å². The monoisotopic (exact) mass is 224 g/mol. The zero-order chi connectivity index (χ0) is 11.4. The van der Waals surface area contributed by atoms with E-state index in [1.165, 1.54) is 0 Å². The van der Waals surface area contributed by atoms with Gasteiger partial charge in [-0.05, 0) is 38.8 Å². The second-order valence-corrected chi connectivity index (χ2v) is 4.58. The maximum atomic E-state index is 5.80. The molecule has 0 atom stereocenters. The quantitative estimate of drug-likeness (QED) is 0.633. The molecule has 0 N–H and O–H groups in total. The van der Waals surface area contributed by atoms with Crippen LogP contribution >= 0.6 is 0 Å². The highest BCUT2D eigenvalue weighted by atomic mass is 16.7. The highest BCUT2D eigenvalue weighted by Crippen LogP contribution is 2.35. The van der Waals surface area contributed by atoms with Gasteiger partial charge in [0.05, 0.1) is 17.8 Å². The smallest absolute Gasteiger partial charge is 0.274 e. The standard InChI is InChI=1S/C13H20O3/c1-3-11-6-5-7-13(8-14-11)9-15-12(4-2)16-10-13/h3-4H,5-10H2,1-2H3/b11-3-,12-4?. The van der Waals surface area contributed by atoms with Crippen LogP contribution in [-0.4, -0.2) is 19.8 Å². The Labute approximate surface area is 97.1 Å². The van der Waals surface area contributed by atoms with Gasteiger partial charge >= 0.3 is 0 Å². The fourth-order valence-corrected chi connectivity index (χ4v) is 2.18. The first kappa shape index (κ1) is 11.4. The molecule has 90 valence electrons. The van der Waals surface area contributed by atoms with Gasteiger partial charge in [-0.1, -0.05) is 0 Å². The molecular formula is C13H20O3. The molecule has 0 aromatic rings. The van der Waals surface area contributed by atoms with Crippen molar-refractivity contribution in [1.82, 2.24) is 0 Å². The summed E-state index contributed by atoms with van der Waals surface area (Å²) < 4.78 is 17.0. The van der Waals surface area contributed by atoms with E-state index < -0.39 is 0 Å². The lowest BCUT2D eigenvalue weighted by molar-refractivity contribution is -0.120. The van der Waals surface area contributed by atoms with Crippen LogP contribution in [0.3, 0.4) is 0 Å². The summed E-state index contributed by atoms with van der Waals surface area (Å²) in [6.07, 6.45) is 7.22. The summed E-state index contributed by atoms with van der Waals surface area (Å²) in [5, 5.41) is 0. The van der Waals surface area contributed by atoms with Gasteiger partial charge in [0.25, 0.3) is 5.95 Å². The van der Waals surface area contributed by atoms with E-state index in [-0.39, 0.29) is 5.41 Å². The summed E-state index contributed by atoms with van der Waals surface area (Å²) in [5.74, 6) is 1.76. The molecule has 2 aliphatic heterocycles. The van der Waals surface area contributed by atoms with Gasteiger partial charge in [-0.25, -0.2) is 0 Å². The largest absolute Gasteiger partial charge is 0.497 e. The highest BCUT2D eigenvalue weighted by Gasteiger charge is 2.38. The minimum Gasteiger partial charge on any atom is -0.497 e. The van der Waals surface area contributed by atoms with Crippen LogP contribution in [0.4, 0.5) is 0 Å². The Hall–Kier alpha value is -1.12. The topological polar surface area (TPSA) is 27.7 Å². The van der Waals surface area contributed by atoms with Crippen molar-refractivity contribution >= 4 is 0 Å². The molecule has 0 amide bonds. The molecule has 0 aliphatic carbocycles. The number of rotatable bonds is 0. The average molecular weight is 224 g/mol. The van der Waals surface area contributed by atoms with E-state index in [0.717, 1.165) is 25.0 Å². The summed E-state index contributed by atoms with van der Waals surface area (Å²) >= 11 is 0. The Kier molecular flexibility index (Phi) is 3.42. The molecular weight excluding hydrogens is 204 g/mol. The molecule has 2 saturated heterocycles. The van der Waals surface area contributed by atoms with Gasteiger partial charge in [0.15, 0.2) is 0 Å². The van der Waals surface area contributed by atoms with Gasteiger partial charge in [0.2, 0.25) is 0 Å². The summed E-state index contributed by atoms with van der Waals surface area (Å²) in [5.41, 5.74) is 0.0528. The molecule has 3 nitrogen and oxygen atoms in total. The predicted molar refractivity (Wildman–Crippen MR) is 61.7 cm³/mol. The molecule has 16 heavy (non-hydrogen) atoms. The van der Waals surface area contributed by atoms with E-state index in [1.54, 1.807) is 0 Å². The van der Waals surface area contributed by atoms with Crippen LogP contribution in [-0.2, 0) is 14.2 Å². The Bertz CT molecular complexity index is 294. The number of ether oxygens (including phenoxy) is 3. The Morgan fingerprint density at radius 3 is 2.31 bits per heavy atom. The van der Waals surface area contributed by atoms with Crippen molar-refractivity contribution in [2.45, 2.75) is 33.1 Å². The van der Waals surface area contributed by atoms with Crippen LogP contribution in [0.25, 0.3) is 0 Å². The molecule has 0 aromatic carbocycles. The Morgan fingerprint density at radius 1 is 1.00 bits per heavy atom. The minimum atomic E-state index is 0.0528. The summed E-state index contributed by atoms with van der Waals surface area (Å²) in [7, 11) is 0. The van der Waals surface area contributed by atoms with E-state index in [9.17, 15) is 0 Å². The molecule has 2 rings (SSSR count). The van der Waals surface area contributed by atoms with Crippen molar-refractivity contribution in [2.75, 3.05) is 19.8 Å². The maximum Gasteiger partial charge on any atom is 0.274 e. The number of allylic oxidation sites excluding steroid dienone is 3. The summed E-state index contributed by atoms with van der Waals surface area (Å²) in [6, 6.07) is 0. The average Bonchev–Trinajstić information content (AvgIpc) is 2.53. The maximum absolute atomic E-state index is 5.80. The Morgan fingerprint density at radius 2 is 1.69 bits per heavy atom.